The molecular formula is C16H14BrNO2. The molecule has 0 aliphatic rings. The highest BCUT2D eigenvalue weighted by Gasteiger charge is 2.04. The van der Waals surface area contributed by atoms with Crippen molar-refractivity contribution >= 4 is 32.6 Å². The second-order valence-corrected chi connectivity index (χ2v) is 5.31. The molecule has 20 heavy (non-hydrogen) atoms. The highest BCUT2D eigenvalue weighted by atomic mass is 79.9. The van der Waals surface area contributed by atoms with Crippen LogP contribution in [0.3, 0.4) is 0 Å². The van der Waals surface area contributed by atoms with Gasteiger partial charge in [-0.3, -0.25) is 0 Å². The molecule has 0 radical (unpaired) electrons. The SMILES string of the molecule is COc1ccc(NCc2cc3ccccc3o2)cc1Br. The average Bonchev–Trinajstić information content (AvgIpc) is 2.88. The predicted molar refractivity (Wildman–Crippen MR) is 84.2 cm³/mol. The monoisotopic (exact) mass is 331 g/mol. The number of fused-ring (bicyclic) bond motifs is 1. The number of para-hydroxylation sites is 1. The van der Waals surface area contributed by atoms with Crippen molar-refractivity contribution in [2.75, 3.05) is 12.4 Å². The Morgan fingerprint density at radius 3 is 2.75 bits per heavy atom. The van der Waals surface area contributed by atoms with Crippen LogP contribution >= 0.6 is 15.9 Å². The molecule has 0 saturated carbocycles. The number of furan rings is 1. The van der Waals surface area contributed by atoms with Gasteiger partial charge in [0.2, 0.25) is 0 Å². The molecule has 0 atom stereocenters. The number of methoxy groups -OCH3 is 1. The highest BCUT2D eigenvalue weighted by Crippen LogP contribution is 2.28. The fourth-order valence-electron chi connectivity index (χ4n) is 2.09. The summed E-state index contributed by atoms with van der Waals surface area (Å²) in [7, 11) is 1.65. The standard InChI is InChI=1S/C16H14BrNO2/c1-19-16-7-6-12(9-14(16)17)18-10-13-8-11-4-2-3-5-15(11)20-13/h2-9,18H,10H2,1H3. The van der Waals surface area contributed by atoms with Gasteiger partial charge < -0.3 is 14.5 Å². The molecule has 0 amide bonds. The Bertz CT molecular complexity index is 703. The molecule has 1 N–H and O–H groups in total. The largest absolute Gasteiger partial charge is 0.496 e. The Balaban J connectivity index is 1.74. The second kappa shape index (κ2) is 5.59. The van der Waals surface area contributed by atoms with Crippen molar-refractivity contribution in [2.45, 2.75) is 6.54 Å². The third-order valence-electron chi connectivity index (χ3n) is 3.10. The van der Waals surface area contributed by atoms with Gasteiger partial charge in [0, 0.05) is 11.1 Å². The Morgan fingerprint density at radius 1 is 1.15 bits per heavy atom. The van der Waals surface area contributed by atoms with Gasteiger partial charge in [-0.2, -0.15) is 0 Å². The van der Waals surface area contributed by atoms with E-state index >= 15 is 0 Å². The molecule has 3 nitrogen and oxygen atoms in total. The highest BCUT2D eigenvalue weighted by molar-refractivity contribution is 9.10. The molecule has 0 fully saturated rings. The van der Waals surface area contributed by atoms with E-state index in [-0.39, 0.29) is 0 Å². The van der Waals surface area contributed by atoms with E-state index in [0.717, 1.165) is 32.6 Å². The van der Waals surface area contributed by atoms with Crippen LogP contribution in [0, 0.1) is 0 Å². The van der Waals surface area contributed by atoms with Crippen LogP contribution in [0.4, 0.5) is 5.69 Å². The fourth-order valence-corrected chi connectivity index (χ4v) is 2.63. The third-order valence-corrected chi connectivity index (χ3v) is 3.71. The van der Waals surface area contributed by atoms with Crippen molar-refractivity contribution in [1.82, 2.24) is 0 Å². The topological polar surface area (TPSA) is 34.4 Å². The van der Waals surface area contributed by atoms with Gasteiger partial charge in [-0.15, -0.1) is 0 Å². The van der Waals surface area contributed by atoms with Crippen LogP contribution in [0.25, 0.3) is 11.0 Å². The van der Waals surface area contributed by atoms with E-state index in [1.165, 1.54) is 0 Å². The first-order chi connectivity index (χ1) is 9.76. The Hall–Kier alpha value is -1.94. The number of nitrogens with one attached hydrogen (secondary N) is 1. The van der Waals surface area contributed by atoms with Crippen LogP contribution in [0.15, 0.2) is 57.4 Å². The minimum Gasteiger partial charge on any atom is -0.496 e. The molecular weight excluding hydrogens is 318 g/mol. The van der Waals surface area contributed by atoms with E-state index < -0.39 is 0 Å². The zero-order valence-corrected chi connectivity index (χ0v) is 12.6. The zero-order chi connectivity index (χ0) is 13.9. The van der Waals surface area contributed by atoms with E-state index in [1.807, 2.05) is 42.5 Å². The van der Waals surface area contributed by atoms with Gasteiger partial charge >= 0.3 is 0 Å². The number of hydrogen-bond donors (Lipinski definition) is 1. The minimum absolute atomic E-state index is 0.646. The molecule has 102 valence electrons. The summed E-state index contributed by atoms with van der Waals surface area (Å²) >= 11 is 3.47. The minimum atomic E-state index is 0.646. The maximum atomic E-state index is 5.77. The van der Waals surface area contributed by atoms with Gasteiger partial charge in [-0.05, 0) is 46.3 Å². The van der Waals surface area contributed by atoms with Gasteiger partial charge in [-0.25, -0.2) is 0 Å². The van der Waals surface area contributed by atoms with Crippen molar-refractivity contribution in [3.63, 3.8) is 0 Å². The first-order valence-corrected chi connectivity index (χ1v) is 7.10. The van der Waals surface area contributed by atoms with Crippen molar-refractivity contribution < 1.29 is 9.15 Å². The third kappa shape index (κ3) is 2.65. The molecule has 1 aromatic heterocycles. The number of rotatable bonds is 4. The van der Waals surface area contributed by atoms with Crippen LogP contribution in [0.5, 0.6) is 5.75 Å². The van der Waals surface area contributed by atoms with Crippen LogP contribution < -0.4 is 10.1 Å². The molecule has 3 rings (SSSR count). The van der Waals surface area contributed by atoms with E-state index in [1.54, 1.807) is 7.11 Å². The van der Waals surface area contributed by atoms with E-state index in [9.17, 15) is 0 Å². The Morgan fingerprint density at radius 2 is 2.00 bits per heavy atom. The molecule has 0 unspecified atom stereocenters. The molecule has 1 heterocycles. The number of anilines is 1. The summed E-state index contributed by atoms with van der Waals surface area (Å²) in [6.07, 6.45) is 0. The first-order valence-electron chi connectivity index (χ1n) is 6.31. The zero-order valence-electron chi connectivity index (χ0n) is 11.0. The molecule has 0 aliphatic heterocycles. The fraction of sp³-hybridized carbons (Fsp3) is 0.125. The molecule has 0 saturated heterocycles. The van der Waals surface area contributed by atoms with Gasteiger partial charge in [0.05, 0.1) is 18.1 Å². The van der Waals surface area contributed by atoms with Gasteiger partial charge in [0.15, 0.2) is 0 Å². The van der Waals surface area contributed by atoms with E-state index in [4.69, 9.17) is 9.15 Å². The Kier molecular flexibility index (Phi) is 3.65. The summed E-state index contributed by atoms with van der Waals surface area (Å²) in [6.45, 7) is 0.646. The summed E-state index contributed by atoms with van der Waals surface area (Å²) in [5.41, 5.74) is 1.93. The molecule has 2 aromatic carbocycles. The lowest BCUT2D eigenvalue weighted by atomic mass is 10.2. The van der Waals surface area contributed by atoms with Crippen molar-refractivity contribution in [3.8, 4) is 5.75 Å². The predicted octanol–water partition coefficient (Wildman–Crippen LogP) is 4.82. The van der Waals surface area contributed by atoms with Crippen LogP contribution in [0.1, 0.15) is 5.76 Å². The first kappa shape index (κ1) is 13.1. The average molecular weight is 332 g/mol. The van der Waals surface area contributed by atoms with E-state index in [2.05, 4.69) is 27.3 Å². The lowest BCUT2D eigenvalue weighted by molar-refractivity contribution is 0.412. The van der Waals surface area contributed by atoms with Crippen LogP contribution in [-0.2, 0) is 6.54 Å². The van der Waals surface area contributed by atoms with Crippen molar-refractivity contribution in [3.05, 3.63) is 58.8 Å². The number of halogens is 1. The molecule has 0 bridgehead atoms. The van der Waals surface area contributed by atoms with Crippen LogP contribution in [-0.4, -0.2) is 7.11 Å². The summed E-state index contributed by atoms with van der Waals surface area (Å²) < 4.78 is 11.9. The normalized spacial score (nSPS) is 10.7. The number of benzene rings is 2. The number of ether oxygens (including phenoxy) is 1. The number of hydrogen-bond acceptors (Lipinski definition) is 3. The second-order valence-electron chi connectivity index (χ2n) is 4.45. The smallest absolute Gasteiger partial charge is 0.134 e. The molecule has 0 spiro atoms. The summed E-state index contributed by atoms with van der Waals surface area (Å²) in [6, 6.07) is 16.0. The quantitative estimate of drug-likeness (QED) is 0.744. The summed E-state index contributed by atoms with van der Waals surface area (Å²) in [4.78, 5) is 0. The van der Waals surface area contributed by atoms with Gasteiger partial charge in [0.1, 0.15) is 17.1 Å². The summed E-state index contributed by atoms with van der Waals surface area (Å²) in [5.74, 6) is 1.73. The molecule has 4 heteroatoms. The maximum absolute atomic E-state index is 5.77. The van der Waals surface area contributed by atoms with Crippen LogP contribution in [0.2, 0.25) is 0 Å². The van der Waals surface area contributed by atoms with Crippen molar-refractivity contribution in [1.29, 1.82) is 0 Å². The maximum Gasteiger partial charge on any atom is 0.134 e. The van der Waals surface area contributed by atoms with Crippen molar-refractivity contribution in [2.24, 2.45) is 0 Å². The molecule has 3 aromatic rings. The van der Waals surface area contributed by atoms with E-state index in [0.29, 0.717) is 6.54 Å². The van der Waals surface area contributed by atoms with Gasteiger partial charge in [0.25, 0.3) is 0 Å². The summed E-state index contributed by atoms with van der Waals surface area (Å²) in [5, 5.41) is 4.46. The van der Waals surface area contributed by atoms with Gasteiger partial charge in [-0.1, -0.05) is 18.2 Å². The lowest BCUT2D eigenvalue weighted by Crippen LogP contribution is -1.98. The Labute approximate surface area is 125 Å². The lowest BCUT2D eigenvalue weighted by Gasteiger charge is -2.07. The molecule has 0 aliphatic carbocycles.